The lowest BCUT2D eigenvalue weighted by molar-refractivity contribution is -0.127. The first-order valence-electron chi connectivity index (χ1n) is 9.47. The zero-order valence-corrected chi connectivity index (χ0v) is 18.0. The maximum absolute atomic E-state index is 12.7. The van der Waals surface area contributed by atoms with E-state index in [1.54, 1.807) is 6.92 Å². The van der Waals surface area contributed by atoms with E-state index in [2.05, 4.69) is 40.5 Å². The topological polar surface area (TPSA) is 58.4 Å². The molecule has 0 aromatic heterocycles. The molecular weight excluding hydrogens is 393 g/mol. The molecule has 28 heavy (non-hydrogen) atoms. The first kappa shape index (κ1) is 24.4. The van der Waals surface area contributed by atoms with Crippen molar-refractivity contribution in [2.75, 3.05) is 19.6 Å². The Balaban J connectivity index is 0.00000196. The lowest BCUT2D eigenvalue weighted by atomic mass is 9.91. The van der Waals surface area contributed by atoms with E-state index < -0.39 is 5.54 Å². The van der Waals surface area contributed by atoms with Gasteiger partial charge in [0.2, 0.25) is 5.91 Å². The Bertz CT molecular complexity index is 702. The number of likely N-dealkylation sites (tertiary alicyclic amines) is 1. The van der Waals surface area contributed by atoms with E-state index in [-0.39, 0.29) is 36.8 Å². The van der Waals surface area contributed by atoms with Crippen molar-refractivity contribution in [1.82, 2.24) is 10.2 Å². The second-order valence-electron chi connectivity index (χ2n) is 7.39. The minimum Gasteiger partial charge on any atom is -0.351 e. The summed E-state index contributed by atoms with van der Waals surface area (Å²) in [6.45, 7) is 4.89. The van der Waals surface area contributed by atoms with E-state index in [9.17, 15) is 4.79 Å². The third kappa shape index (κ3) is 6.49. The Kier molecular flexibility index (Phi) is 9.97. The van der Waals surface area contributed by atoms with Gasteiger partial charge in [-0.05, 0) is 37.3 Å². The van der Waals surface area contributed by atoms with Gasteiger partial charge < -0.3 is 16.0 Å². The van der Waals surface area contributed by atoms with Crippen LogP contribution in [0.5, 0.6) is 0 Å². The number of piperidine rings is 1. The molecule has 154 valence electrons. The van der Waals surface area contributed by atoms with E-state index in [1.807, 2.05) is 30.3 Å². The summed E-state index contributed by atoms with van der Waals surface area (Å²) < 4.78 is 0. The third-order valence-corrected chi connectivity index (χ3v) is 5.33. The lowest BCUT2D eigenvalue weighted by Gasteiger charge is -2.34. The summed E-state index contributed by atoms with van der Waals surface area (Å²) in [6, 6.07) is 20.4. The van der Waals surface area contributed by atoms with Gasteiger partial charge in [-0.15, -0.1) is 24.8 Å². The minimum atomic E-state index is -0.994. The van der Waals surface area contributed by atoms with Crippen LogP contribution in [0.4, 0.5) is 0 Å². The van der Waals surface area contributed by atoms with E-state index in [0.29, 0.717) is 0 Å². The summed E-state index contributed by atoms with van der Waals surface area (Å²) in [5.74, 6) is -0.0913. The van der Waals surface area contributed by atoms with E-state index in [0.717, 1.165) is 44.5 Å². The van der Waals surface area contributed by atoms with Gasteiger partial charge >= 0.3 is 0 Å². The molecule has 0 spiro atoms. The minimum absolute atomic E-state index is 0. The highest BCUT2D eigenvalue weighted by atomic mass is 35.5. The van der Waals surface area contributed by atoms with Gasteiger partial charge in [0, 0.05) is 25.7 Å². The van der Waals surface area contributed by atoms with Crippen LogP contribution in [-0.2, 0) is 16.8 Å². The van der Waals surface area contributed by atoms with Crippen LogP contribution in [0.1, 0.15) is 30.9 Å². The van der Waals surface area contributed by atoms with Gasteiger partial charge in [0.25, 0.3) is 0 Å². The summed E-state index contributed by atoms with van der Waals surface area (Å²) in [4.78, 5) is 15.2. The van der Waals surface area contributed by atoms with Gasteiger partial charge in [0.05, 0.1) is 0 Å². The van der Waals surface area contributed by atoms with Crippen molar-refractivity contribution < 1.29 is 4.79 Å². The summed E-state index contributed by atoms with van der Waals surface area (Å²) >= 11 is 0. The molecule has 2 aromatic carbocycles. The fraction of sp³-hybridized carbons (Fsp3) is 0.409. The van der Waals surface area contributed by atoms with Crippen LogP contribution in [0.3, 0.4) is 0 Å². The highest BCUT2D eigenvalue weighted by Crippen LogP contribution is 2.19. The molecule has 1 amide bonds. The summed E-state index contributed by atoms with van der Waals surface area (Å²) in [6.07, 6.45) is 3.03. The number of nitrogens with zero attached hydrogens (tertiary/aromatic N) is 1. The number of carbonyl (C=O) groups excluding carboxylic acids is 1. The van der Waals surface area contributed by atoms with Crippen LogP contribution in [0.25, 0.3) is 0 Å². The fourth-order valence-corrected chi connectivity index (χ4v) is 3.48. The third-order valence-electron chi connectivity index (χ3n) is 5.33. The number of hydrogen-bond donors (Lipinski definition) is 2. The Hall–Kier alpha value is -1.59. The number of halogens is 2. The first-order valence-corrected chi connectivity index (χ1v) is 9.47. The molecule has 1 fully saturated rings. The fourth-order valence-electron chi connectivity index (χ4n) is 3.48. The SMILES string of the molecule is CC(N)(C(=O)NC1CCN(CCc2ccccc2)CC1)c1ccccc1.Cl.Cl. The van der Waals surface area contributed by atoms with Gasteiger partial charge in [-0.25, -0.2) is 0 Å². The predicted octanol–water partition coefficient (Wildman–Crippen LogP) is 3.53. The Morgan fingerprint density at radius 1 is 1.04 bits per heavy atom. The quantitative estimate of drug-likeness (QED) is 0.746. The second kappa shape index (κ2) is 11.4. The highest BCUT2D eigenvalue weighted by Gasteiger charge is 2.32. The molecule has 0 saturated carbocycles. The molecule has 1 atom stereocenters. The predicted molar refractivity (Wildman–Crippen MR) is 120 cm³/mol. The van der Waals surface area contributed by atoms with Gasteiger partial charge in [0.15, 0.2) is 0 Å². The molecule has 1 saturated heterocycles. The molecule has 0 aliphatic carbocycles. The van der Waals surface area contributed by atoms with Gasteiger partial charge in [-0.3, -0.25) is 4.79 Å². The number of benzene rings is 2. The molecule has 2 aromatic rings. The maximum atomic E-state index is 12.7. The van der Waals surface area contributed by atoms with E-state index in [4.69, 9.17) is 5.73 Å². The second-order valence-corrected chi connectivity index (χ2v) is 7.39. The van der Waals surface area contributed by atoms with Crippen LogP contribution in [-0.4, -0.2) is 36.5 Å². The van der Waals surface area contributed by atoms with Gasteiger partial charge in [0.1, 0.15) is 5.54 Å². The number of carbonyl (C=O) groups is 1. The summed E-state index contributed by atoms with van der Waals surface area (Å²) in [7, 11) is 0. The number of nitrogens with two attached hydrogens (primary N) is 1. The zero-order valence-electron chi connectivity index (χ0n) is 16.3. The van der Waals surface area contributed by atoms with Gasteiger partial charge in [-0.1, -0.05) is 60.7 Å². The molecule has 3 rings (SSSR count). The molecule has 4 nitrogen and oxygen atoms in total. The number of amides is 1. The monoisotopic (exact) mass is 423 g/mol. The van der Waals surface area contributed by atoms with Crippen molar-refractivity contribution >= 4 is 30.7 Å². The van der Waals surface area contributed by atoms with E-state index in [1.165, 1.54) is 5.56 Å². The average Bonchev–Trinajstić information content (AvgIpc) is 2.69. The molecule has 6 heteroatoms. The normalized spacial score (nSPS) is 16.9. The largest absolute Gasteiger partial charge is 0.351 e. The molecule has 1 aliphatic heterocycles. The van der Waals surface area contributed by atoms with Crippen molar-refractivity contribution in [2.45, 2.75) is 37.8 Å². The smallest absolute Gasteiger partial charge is 0.244 e. The Labute approximate surface area is 180 Å². The summed E-state index contributed by atoms with van der Waals surface area (Å²) in [5.41, 5.74) is 7.55. The average molecular weight is 424 g/mol. The lowest BCUT2D eigenvalue weighted by Crippen LogP contribution is -2.54. The Morgan fingerprint density at radius 3 is 2.14 bits per heavy atom. The molecule has 1 aliphatic rings. The number of rotatable bonds is 6. The van der Waals surface area contributed by atoms with Crippen LogP contribution in [0.15, 0.2) is 60.7 Å². The molecule has 1 heterocycles. The molecule has 3 N–H and O–H groups in total. The van der Waals surface area contributed by atoms with E-state index >= 15 is 0 Å². The first-order chi connectivity index (χ1) is 12.6. The molecule has 0 bridgehead atoms. The van der Waals surface area contributed by atoms with Crippen LogP contribution < -0.4 is 11.1 Å². The van der Waals surface area contributed by atoms with Crippen LogP contribution in [0.2, 0.25) is 0 Å². The van der Waals surface area contributed by atoms with Gasteiger partial charge in [-0.2, -0.15) is 0 Å². The zero-order chi connectivity index (χ0) is 18.4. The van der Waals surface area contributed by atoms with Crippen LogP contribution in [0, 0.1) is 0 Å². The number of hydrogen-bond acceptors (Lipinski definition) is 3. The summed E-state index contributed by atoms with van der Waals surface area (Å²) in [5, 5.41) is 3.16. The van der Waals surface area contributed by atoms with Crippen molar-refractivity contribution in [3.05, 3.63) is 71.8 Å². The maximum Gasteiger partial charge on any atom is 0.244 e. The van der Waals surface area contributed by atoms with Crippen LogP contribution >= 0.6 is 24.8 Å². The Morgan fingerprint density at radius 2 is 1.57 bits per heavy atom. The molecule has 0 radical (unpaired) electrons. The van der Waals surface area contributed by atoms with Crippen molar-refractivity contribution in [1.29, 1.82) is 0 Å². The van der Waals surface area contributed by atoms with Crippen molar-refractivity contribution in [3.8, 4) is 0 Å². The standard InChI is InChI=1S/C22H29N3O.2ClH/c1-22(23,19-10-6-3-7-11-19)21(26)24-20-13-16-25(17-14-20)15-12-18-8-4-2-5-9-18;;/h2-11,20H,12-17,23H2,1H3,(H,24,26);2*1H. The number of nitrogens with one attached hydrogen (secondary N) is 1. The molecule has 1 unspecified atom stereocenters. The highest BCUT2D eigenvalue weighted by molar-refractivity contribution is 5.87. The molecular formula is C22H31Cl2N3O. The van der Waals surface area contributed by atoms with Crippen molar-refractivity contribution in [2.24, 2.45) is 5.73 Å². The van der Waals surface area contributed by atoms with Crippen molar-refractivity contribution in [3.63, 3.8) is 0 Å².